The van der Waals surface area contributed by atoms with Gasteiger partial charge >= 0.3 is 0 Å². The summed E-state index contributed by atoms with van der Waals surface area (Å²) in [7, 11) is -2.83. The van der Waals surface area contributed by atoms with E-state index in [2.05, 4.69) is 5.32 Å². The van der Waals surface area contributed by atoms with Crippen LogP contribution in [-0.4, -0.2) is 51.4 Å². The highest BCUT2D eigenvalue weighted by molar-refractivity contribution is 7.92. The van der Waals surface area contributed by atoms with Crippen molar-refractivity contribution >= 4 is 50.7 Å². The number of carbonyl (C=O) groups excluding carboxylic acids is 2. The van der Waals surface area contributed by atoms with Crippen LogP contribution in [0.15, 0.2) is 108 Å². The Morgan fingerprint density at radius 1 is 0.826 bits per heavy atom. The summed E-state index contributed by atoms with van der Waals surface area (Å²) < 4.78 is 34.9. The highest BCUT2D eigenvalue weighted by Crippen LogP contribution is 2.33. The Labute approximate surface area is 280 Å². The number of amides is 2. The first-order chi connectivity index (χ1) is 22.0. The summed E-state index contributed by atoms with van der Waals surface area (Å²) >= 11 is 12.5. The fourth-order valence-electron chi connectivity index (χ4n) is 4.88. The molecule has 2 amide bonds. The summed E-state index contributed by atoms with van der Waals surface area (Å²) in [5.74, 6) is -0.531. The standard InChI is InChI=1S/C35H37Cl2N3O5S/c1-25(2)22-38-35(42)32(21-26-12-6-4-7-13-26)39(23-27-18-19-29(36)30(37)20-27)34(41)24-40(31-16-10-11-17-33(31)45-3)46(43,44)28-14-8-5-9-15-28/h4-20,25,32H,21-24H2,1-3H3,(H,38,42). The number of sulfonamides is 1. The predicted molar refractivity (Wildman–Crippen MR) is 183 cm³/mol. The van der Waals surface area contributed by atoms with Crippen molar-refractivity contribution in [2.45, 2.75) is 37.8 Å². The van der Waals surface area contributed by atoms with E-state index in [-0.39, 0.29) is 46.1 Å². The third-order valence-corrected chi connectivity index (χ3v) is 9.77. The number of carbonyl (C=O) groups is 2. The molecule has 1 unspecified atom stereocenters. The molecule has 4 aromatic carbocycles. The first-order valence-corrected chi connectivity index (χ1v) is 17.0. The first kappa shape index (κ1) is 34.8. The number of hydrogen-bond donors (Lipinski definition) is 1. The fraction of sp³-hybridized carbons (Fsp3) is 0.257. The number of ether oxygens (including phenoxy) is 1. The fourth-order valence-corrected chi connectivity index (χ4v) is 6.65. The van der Waals surface area contributed by atoms with E-state index in [0.717, 1.165) is 9.87 Å². The monoisotopic (exact) mass is 681 g/mol. The molecule has 4 aromatic rings. The highest BCUT2D eigenvalue weighted by atomic mass is 35.5. The number of rotatable bonds is 14. The Bertz CT molecular complexity index is 1740. The van der Waals surface area contributed by atoms with E-state index in [0.29, 0.717) is 17.1 Å². The summed E-state index contributed by atoms with van der Waals surface area (Å²) in [5.41, 5.74) is 1.63. The molecule has 1 atom stereocenters. The summed E-state index contributed by atoms with van der Waals surface area (Å²) in [5, 5.41) is 3.60. The van der Waals surface area contributed by atoms with Gasteiger partial charge in [-0.2, -0.15) is 0 Å². The molecule has 0 aliphatic rings. The first-order valence-electron chi connectivity index (χ1n) is 14.8. The summed E-state index contributed by atoms with van der Waals surface area (Å²) in [4.78, 5) is 29.9. The maximum Gasteiger partial charge on any atom is 0.264 e. The molecule has 1 N–H and O–H groups in total. The third kappa shape index (κ3) is 8.81. The average molecular weight is 683 g/mol. The molecule has 46 heavy (non-hydrogen) atoms. The van der Waals surface area contributed by atoms with Gasteiger partial charge in [0.2, 0.25) is 11.8 Å². The normalized spacial score (nSPS) is 12.0. The van der Waals surface area contributed by atoms with Gasteiger partial charge in [-0.1, -0.05) is 104 Å². The number of methoxy groups -OCH3 is 1. The molecule has 0 saturated heterocycles. The van der Waals surface area contributed by atoms with E-state index in [1.54, 1.807) is 60.7 Å². The van der Waals surface area contributed by atoms with Crippen LogP contribution >= 0.6 is 23.2 Å². The molecule has 242 valence electrons. The van der Waals surface area contributed by atoms with Gasteiger partial charge in [0.25, 0.3) is 10.0 Å². The van der Waals surface area contributed by atoms with Gasteiger partial charge in [0.05, 0.1) is 27.7 Å². The van der Waals surface area contributed by atoms with Crippen LogP contribution in [0.5, 0.6) is 5.75 Å². The number of para-hydroxylation sites is 2. The topological polar surface area (TPSA) is 96.0 Å². The second-order valence-corrected chi connectivity index (χ2v) is 13.8. The van der Waals surface area contributed by atoms with Crippen LogP contribution < -0.4 is 14.4 Å². The lowest BCUT2D eigenvalue weighted by Gasteiger charge is -2.34. The minimum Gasteiger partial charge on any atom is -0.495 e. The van der Waals surface area contributed by atoms with Gasteiger partial charge in [0, 0.05) is 19.5 Å². The Balaban J connectivity index is 1.83. The molecule has 0 heterocycles. The largest absolute Gasteiger partial charge is 0.495 e. The maximum atomic E-state index is 14.6. The van der Waals surface area contributed by atoms with Crippen molar-refractivity contribution in [3.05, 3.63) is 124 Å². The van der Waals surface area contributed by atoms with Crippen LogP contribution in [0.1, 0.15) is 25.0 Å². The van der Waals surface area contributed by atoms with Crippen molar-refractivity contribution in [3.63, 3.8) is 0 Å². The Morgan fingerprint density at radius 2 is 1.46 bits per heavy atom. The van der Waals surface area contributed by atoms with Crippen molar-refractivity contribution in [2.24, 2.45) is 5.92 Å². The Hall–Kier alpha value is -4.05. The molecule has 8 nitrogen and oxygen atoms in total. The van der Waals surface area contributed by atoms with Gasteiger partial charge in [0.15, 0.2) is 0 Å². The van der Waals surface area contributed by atoms with Crippen LogP contribution in [0.2, 0.25) is 10.0 Å². The van der Waals surface area contributed by atoms with E-state index in [1.165, 1.54) is 24.1 Å². The second kappa shape index (κ2) is 16.0. The van der Waals surface area contributed by atoms with Crippen molar-refractivity contribution in [2.75, 3.05) is 24.5 Å². The van der Waals surface area contributed by atoms with Crippen LogP contribution in [0, 0.1) is 5.92 Å². The minimum absolute atomic E-state index is 0.000233. The molecule has 0 bridgehead atoms. The van der Waals surface area contributed by atoms with Crippen LogP contribution in [0.4, 0.5) is 5.69 Å². The number of nitrogens with one attached hydrogen (secondary N) is 1. The van der Waals surface area contributed by atoms with Gasteiger partial charge in [-0.3, -0.25) is 13.9 Å². The molecular formula is C35H37Cl2N3O5S. The number of hydrogen-bond acceptors (Lipinski definition) is 5. The average Bonchev–Trinajstić information content (AvgIpc) is 3.06. The predicted octanol–water partition coefficient (Wildman–Crippen LogP) is 6.61. The smallest absolute Gasteiger partial charge is 0.264 e. The molecule has 0 fully saturated rings. The van der Waals surface area contributed by atoms with E-state index in [9.17, 15) is 18.0 Å². The molecule has 11 heteroatoms. The van der Waals surface area contributed by atoms with Gasteiger partial charge in [0.1, 0.15) is 18.3 Å². The molecule has 4 rings (SSSR count). The quantitative estimate of drug-likeness (QED) is 0.162. The van der Waals surface area contributed by atoms with E-state index < -0.39 is 28.5 Å². The van der Waals surface area contributed by atoms with Crippen LogP contribution in [0.3, 0.4) is 0 Å². The summed E-state index contributed by atoms with van der Waals surface area (Å²) in [6.45, 7) is 3.71. The van der Waals surface area contributed by atoms with E-state index >= 15 is 0 Å². The van der Waals surface area contributed by atoms with E-state index in [1.807, 2.05) is 44.2 Å². The van der Waals surface area contributed by atoms with Gasteiger partial charge in [-0.15, -0.1) is 0 Å². The van der Waals surface area contributed by atoms with Crippen molar-refractivity contribution in [1.82, 2.24) is 10.2 Å². The summed E-state index contributed by atoms with van der Waals surface area (Å²) in [6, 6.07) is 27.8. The zero-order valence-corrected chi connectivity index (χ0v) is 28.2. The molecule has 0 aliphatic heterocycles. The van der Waals surface area contributed by atoms with Gasteiger partial charge in [-0.05, 0) is 53.4 Å². The summed E-state index contributed by atoms with van der Waals surface area (Å²) in [6.07, 6.45) is 0.192. The SMILES string of the molecule is COc1ccccc1N(CC(=O)N(Cc1ccc(Cl)c(Cl)c1)C(Cc1ccccc1)C(=O)NCC(C)C)S(=O)(=O)c1ccccc1. The minimum atomic E-state index is -4.26. The Kier molecular flexibility index (Phi) is 12.1. The zero-order chi connectivity index (χ0) is 33.3. The maximum absolute atomic E-state index is 14.6. The Morgan fingerprint density at radius 3 is 2.09 bits per heavy atom. The van der Waals surface area contributed by atoms with Gasteiger partial charge < -0.3 is 15.0 Å². The second-order valence-electron chi connectivity index (χ2n) is 11.1. The van der Waals surface area contributed by atoms with Crippen molar-refractivity contribution < 1.29 is 22.7 Å². The lowest BCUT2D eigenvalue weighted by Crippen LogP contribution is -2.53. The third-order valence-electron chi connectivity index (χ3n) is 7.26. The number of halogens is 2. The van der Waals surface area contributed by atoms with E-state index in [4.69, 9.17) is 27.9 Å². The molecular weight excluding hydrogens is 645 g/mol. The lowest BCUT2D eigenvalue weighted by molar-refractivity contribution is -0.140. The molecule has 0 radical (unpaired) electrons. The van der Waals surface area contributed by atoms with Gasteiger partial charge in [-0.25, -0.2) is 8.42 Å². The molecule has 0 aliphatic carbocycles. The molecule has 0 aromatic heterocycles. The molecule has 0 saturated carbocycles. The number of benzene rings is 4. The number of nitrogens with zero attached hydrogens (tertiary/aromatic N) is 2. The highest BCUT2D eigenvalue weighted by Gasteiger charge is 2.35. The van der Waals surface area contributed by atoms with Crippen LogP contribution in [0.25, 0.3) is 0 Å². The van der Waals surface area contributed by atoms with Crippen molar-refractivity contribution in [1.29, 1.82) is 0 Å². The number of anilines is 1. The molecule has 0 spiro atoms. The van der Waals surface area contributed by atoms with Crippen molar-refractivity contribution in [3.8, 4) is 5.75 Å². The zero-order valence-electron chi connectivity index (χ0n) is 25.9. The van der Waals surface area contributed by atoms with Crippen LogP contribution in [-0.2, 0) is 32.6 Å². The lowest BCUT2D eigenvalue weighted by atomic mass is 10.0.